The number of rotatable bonds is 11. The van der Waals surface area contributed by atoms with Gasteiger partial charge in [0.2, 0.25) is 0 Å². The molecule has 0 atom stereocenters. The van der Waals surface area contributed by atoms with Crippen LogP contribution in [0.3, 0.4) is 0 Å². The van der Waals surface area contributed by atoms with Gasteiger partial charge >= 0.3 is 0 Å². The van der Waals surface area contributed by atoms with Crippen molar-refractivity contribution in [2.24, 2.45) is 0 Å². The van der Waals surface area contributed by atoms with Gasteiger partial charge in [0, 0.05) is 44.3 Å². The van der Waals surface area contributed by atoms with Crippen molar-refractivity contribution in [1.29, 1.82) is 0 Å². The van der Waals surface area contributed by atoms with E-state index in [0.717, 1.165) is 94.7 Å². The third kappa shape index (κ3) is 8.94. The highest BCUT2D eigenvalue weighted by atomic mass is 16.3. The summed E-state index contributed by atoms with van der Waals surface area (Å²) in [5.41, 5.74) is 24.7. The Morgan fingerprint density at radius 1 is 0.210 bits per heavy atom. The van der Waals surface area contributed by atoms with Gasteiger partial charge in [-0.25, -0.2) is 0 Å². The number of benzene rings is 13. The van der Waals surface area contributed by atoms with Crippen molar-refractivity contribution in [1.82, 2.24) is 4.57 Å². The van der Waals surface area contributed by atoms with Crippen LogP contribution in [0.4, 0.5) is 17.1 Å². The van der Waals surface area contributed by atoms with Crippen LogP contribution in [-0.2, 0) is 0 Å². The highest BCUT2D eigenvalue weighted by molar-refractivity contribution is 6.11. The number of fused-ring (bicyclic) bond motifs is 6. The molecule has 0 aliphatic rings. The molecule has 81 heavy (non-hydrogen) atoms. The molecule has 15 rings (SSSR count). The summed E-state index contributed by atoms with van der Waals surface area (Å²) in [4.78, 5) is 2.36. The van der Waals surface area contributed by atoms with E-state index in [1.165, 1.54) is 49.7 Å². The lowest BCUT2D eigenvalue weighted by Crippen LogP contribution is -2.10. The van der Waals surface area contributed by atoms with Crippen LogP contribution in [0.5, 0.6) is 0 Å². The molecule has 0 aliphatic carbocycles. The molecule has 0 aliphatic heterocycles. The van der Waals surface area contributed by atoms with E-state index in [4.69, 9.17) is 4.42 Å². The molecule has 0 amide bonds. The van der Waals surface area contributed by atoms with Crippen molar-refractivity contribution >= 4 is 60.8 Å². The van der Waals surface area contributed by atoms with Crippen molar-refractivity contribution < 1.29 is 4.42 Å². The van der Waals surface area contributed by atoms with Gasteiger partial charge in [0.1, 0.15) is 11.2 Å². The zero-order chi connectivity index (χ0) is 53.6. The Labute approximate surface area is 471 Å². The zero-order valence-electron chi connectivity index (χ0n) is 44.3. The molecule has 0 fully saturated rings. The largest absolute Gasteiger partial charge is 0.456 e. The van der Waals surface area contributed by atoms with E-state index in [1.54, 1.807) is 0 Å². The average Bonchev–Trinajstić information content (AvgIpc) is 4.19. The predicted octanol–water partition coefficient (Wildman–Crippen LogP) is 21.8. The Morgan fingerprint density at radius 2 is 0.605 bits per heavy atom. The molecule has 0 unspecified atom stereocenters. The smallest absolute Gasteiger partial charge is 0.135 e. The van der Waals surface area contributed by atoms with Crippen molar-refractivity contribution in [3.8, 4) is 83.6 Å². The molecular weight excluding hydrogens is 981 g/mol. The highest BCUT2D eigenvalue weighted by Gasteiger charge is 2.18. The summed E-state index contributed by atoms with van der Waals surface area (Å²) in [7, 11) is 0. The fraction of sp³-hybridized carbons (Fsp3) is 0. The monoisotopic (exact) mass is 1030 g/mol. The summed E-state index contributed by atoms with van der Waals surface area (Å²) in [6, 6.07) is 114. The van der Waals surface area contributed by atoms with Gasteiger partial charge in [0.15, 0.2) is 0 Å². The molecule has 0 saturated carbocycles. The number of para-hydroxylation sites is 2. The summed E-state index contributed by atoms with van der Waals surface area (Å²) < 4.78 is 8.76. The predicted molar refractivity (Wildman–Crippen MR) is 341 cm³/mol. The summed E-state index contributed by atoms with van der Waals surface area (Å²) in [5.74, 6) is 0. The molecule has 3 heteroatoms. The Balaban J connectivity index is 0.848. The number of nitrogens with zero attached hydrogens (tertiary/aromatic N) is 2. The first-order valence-electron chi connectivity index (χ1n) is 27.7. The van der Waals surface area contributed by atoms with Crippen LogP contribution in [0.25, 0.3) is 127 Å². The number of aromatic nitrogens is 1. The molecule has 2 heterocycles. The normalized spacial score (nSPS) is 11.5. The van der Waals surface area contributed by atoms with Gasteiger partial charge in [-0.05, 0) is 181 Å². The van der Waals surface area contributed by atoms with Gasteiger partial charge in [-0.1, -0.05) is 212 Å². The van der Waals surface area contributed by atoms with E-state index in [1.807, 2.05) is 12.1 Å². The SMILES string of the molecule is c1ccc(-c2ccc(N(c3ccc(-c4ccccc4)cc3)c3cccc(-c4cccc(-c5cc(-c6ccc7oc8ccccc8c7c6)cc(-c6ccc7c8ccccc8n(-c8ccc(-c9ccccc9)cc8)c7c6)c5)c4)c3)cc2)cc1. The molecule has 15 aromatic rings. The molecule has 0 saturated heterocycles. The Bertz CT molecular complexity index is 4680. The second kappa shape index (κ2) is 20.2. The van der Waals surface area contributed by atoms with Crippen molar-refractivity contribution in [2.75, 3.05) is 4.90 Å². The van der Waals surface area contributed by atoms with Crippen LogP contribution in [0.2, 0.25) is 0 Å². The lowest BCUT2D eigenvalue weighted by Gasteiger charge is -2.26. The average molecular weight is 1030 g/mol. The fourth-order valence-corrected chi connectivity index (χ4v) is 11.9. The minimum absolute atomic E-state index is 0.883. The Morgan fingerprint density at radius 3 is 1.21 bits per heavy atom. The highest BCUT2D eigenvalue weighted by Crippen LogP contribution is 2.42. The van der Waals surface area contributed by atoms with Crippen LogP contribution >= 0.6 is 0 Å². The van der Waals surface area contributed by atoms with Crippen molar-refractivity contribution in [2.45, 2.75) is 0 Å². The molecular formula is C78H52N2O. The van der Waals surface area contributed by atoms with E-state index < -0.39 is 0 Å². The van der Waals surface area contributed by atoms with Crippen LogP contribution in [0, 0.1) is 0 Å². The first-order valence-corrected chi connectivity index (χ1v) is 27.7. The zero-order valence-corrected chi connectivity index (χ0v) is 44.3. The van der Waals surface area contributed by atoms with Gasteiger partial charge in [-0.3, -0.25) is 0 Å². The van der Waals surface area contributed by atoms with Crippen LogP contribution in [0.1, 0.15) is 0 Å². The molecule has 13 aromatic carbocycles. The van der Waals surface area contributed by atoms with Crippen LogP contribution < -0.4 is 4.90 Å². The Hall–Kier alpha value is -10.7. The van der Waals surface area contributed by atoms with E-state index in [0.29, 0.717) is 0 Å². The van der Waals surface area contributed by atoms with Crippen molar-refractivity contribution in [3.05, 3.63) is 315 Å². The maximum absolute atomic E-state index is 6.34. The first kappa shape index (κ1) is 47.5. The molecule has 3 nitrogen and oxygen atoms in total. The summed E-state index contributed by atoms with van der Waals surface area (Å²) in [6.45, 7) is 0. The van der Waals surface area contributed by atoms with Gasteiger partial charge < -0.3 is 13.9 Å². The molecule has 380 valence electrons. The Kier molecular flexibility index (Phi) is 11.9. The van der Waals surface area contributed by atoms with Gasteiger partial charge in [0.05, 0.1) is 11.0 Å². The maximum Gasteiger partial charge on any atom is 0.135 e. The number of anilines is 3. The second-order valence-electron chi connectivity index (χ2n) is 20.9. The third-order valence-electron chi connectivity index (χ3n) is 16.0. The minimum Gasteiger partial charge on any atom is -0.456 e. The molecule has 0 bridgehead atoms. The third-order valence-corrected chi connectivity index (χ3v) is 16.0. The number of furan rings is 1. The number of hydrogen-bond donors (Lipinski definition) is 0. The maximum atomic E-state index is 6.34. The van der Waals surface area contributed by atoms with Crippen molar-refractivity contribution in [3.63, 3.8) is 0 Å². The molecule has 0 spiro atoms. The summed E-state index contributed by atoms with van der Waals surface area (Å²) in [6.07, 6.45) is 0. The van der Waals surface area contributed by atoms with Gasteiger partial charge in [0.25, 0.3) is 0 Å². The first-order chi connectivity index (χ1) is 40.1. The van der Waals surface area contributed by atoms with Gasteiger partial charge in [-0.2, -0.15) is 0 Å². The lowest BCUT2D eigenvalue weighted by atomic mass is 9.91. The topological polar surface area (TPSA) is 21.3 Å². The molecule has 0 N–H and O–H groups in total. The standard InChI is InChI=1S/C78H52N2O/c1-4-16-53(17-5-1)56-30-38-67(39-31-56)79(68-40-32-57(33-41-68)54-18-6-2-7-19-54)70-25-15-24-61(50-70)59-22-14-23-60(46-59)64-47-65(62-37-45-78-74(51-62)73-27-11-13-29-77(73)81-78)49-66(48-64)63-36-44-72-71-26-10-12-28-75(71)80(76(72)52-63)69-42-34-58(35-43-69)55-20-8-3-9-21-55/h1-52H. The summed E-state index contributed by atoms with van der Waals surface area (Å²) in [5, 5.41) is 4.67. The lowest BCUT2D eigenvalue weighted by molar-refractivity contribution is 0.669. The fourth-order valence-electron chi connectivity index (χ4n) is 11.9. The molecule has 0 radical (unpaired) electrons. The van der Waals surface area contributed by atoms with Crippen LogP contribution in [0.15, 0.2) is 320 Å². The quantitative estimate of drug-likeness (QED) is 0.129. The minimum atomic E-state index is 0.883. The second-order valence-corrected chi connectivity index (χ2v) is 20.9. The summed E-state index contributed by atoms with van der Waals surface area (Å²) >= 11 is 0. The van der Waals surface area contributed by atoms with E-state index >= 15 is 0 Å². The molecule has 2 aromatic heterocycles. The van der Waals surface area contributed by atoms with Crippen LogP contribution in [-0.4, -0.2) is 4.57 Å². The van der Waals surface area contributed by atoms with Gasteiger partial charge in [-0.15, -0.1) is 0 Å². The number of hydrogen-bond acceptors (Lipinski definition) is 2. The van der Waals surface area contributed by atoms with E-state index in [9.17, 15) is 0 Å². The van der Waals surface area contributed by atoms with E-state index in [-0.39, 0.29) is 0 Å². The van der Waals surface area contributed by atoms with E-state index in [2.05, 4.69) is 313 Å².